The van der Waals surface area contributed by atoms with E-state index in [2.05, 4.69) is 45.5 Å². The van der Waals surface area contributed by atoms with Crippen LogP contribution >= 0.6 is 15.9 Å². The number of carbonyl (C=O) groups excluding carboxylic acids is 1. The molecule has 2 aromatic carbocycles. The maximum atomic E-state index is 11.9. The number of hydrogen-bond acceptors (Lipinski definition) is 1. The van der Waals surface area contributed by atoms with Gasteiger partial charge in [-0.25, -0.2) is 0 Å². The summed E-state index contributed by atoms with van der Waals surface area (Å²) in [5, 5.41) is 2.90. The Balaban J connectivity index is 1.45. The highest BCUT2D eigenvalue weighted by Crippen LogP contribution is 2.31. The fraction of sp³-hybridized carbons (Fsp3) is 0.227. The number of allylic oxidation sites excluding steroid dienone is 3. The third-order valence-corrected chi connectivity index (χ3v) is 5.05. The first-order chi connectivity index (χ1) is 12.1. The number of rotatable bonds is 5. The monoisotopic (exact) mass is 395 g/mol. The van der Waals surface area contributed by atoms with Gasteiger partial charge in [0.25, 0.3) is 0 Å². The Kier molecular flexibility index (Phi) is 5.87. The minimum atomic E-state index is -0.0999. The summed E-state index contributed by atoms with van der Waals surface area (Å²) in [5.74, 6) is 0.562. The lowest BCUT2D eigenvalue weighted by atomic mass is 10.0. The molecule has 1 atom stereocenters. The Bertz CT molecular complexity index is 823. The second-order valence-electron chi connectivity index (χ2n) is 6.51. The zero-order chi connectivity index (χ0) is 17.6. The van der Waals surface area contributed by atoms with Crippen LogP contribution in [0.2, 0.25) is 0 Å². The molecule has 0 heterocycles. The van der Waals surface area contributed by atoms with E-state index in [1.807, 2.05) is 43.3 Å². The summed E-state index contributed by atoms with van der Waals surface area (Å²) < 4.78 is 1.16. The molecule has 2 nitrogen and oxygen atoms in total. The van der Waals surface area contributed by atoms with E-state index >= 15 is 0 Å². The van der Waals surface area contributed by atoms with Crippen molar-refractivity contribution in [3.63, 3.8) is 0 Å². The number of carbonyl (C=O) groups is 1. The first-order valence-electron chi connectivity index (χ1n) is 8.59. The largest absolute Gasteiger partial charge is 0.322 e. The van der Waals surface area contributed by atoms with E-state index in [4.69, 9.17) is 0 Å². The molecule has 25 heavy (non-hydrogen) atoms. The molecule has 3 heteroatoms. The maximum Gasteiger partial charge on any atom is 0.248 e. The fourth-order valence-corrected chi connectivity index (χ4v) is 3.63. The lowest BCUT2D eigenvalue weighted by Crippen LogP contribution is -2.08. The second-order valence-corrected chi connectivity index (χ2v) is 7.43. The summed E-state index contributed by atoms with van der Waals surface area (Å²) in [5.41, 5.74) is 4.85. The van der Waals surface area contributed by atoms with E-state index in [1.165, 1.54) is 11.1 Å². The standard InChI is InChI=1S/C22H22BrNO/c1-16-7-5-6-9-21(16)24-22(25)10-4-2-3-8-17-13-18-11-12-20(23)15-19(18)14-17/h2-7,9-12,15,17H,8,13-14H2,1H3,(H,24,25). The molecule has 0 saturated carbocycles. The summed E-state index contributed by atoms with van der Waals surface area (Å²) >= 11 is 3.54. The van der Waals surface area contributed by atoms with Crippen LogP contribution in [0.15, 0.2) is 71.2 Å². The van der Waals surface area contributed by atoms with E-state index in [0.717, 1.165) is 35.0 Å². The van der Waals surface area contributed by atoms with Crippen molar-refractivity contribution in [1.29, 1.82) is 0 Å². The summed E-state index contributed by atoms with van der Waals surface area (Å²) in [6.45, 7) is 1.98. The Morgan fingerprint density at radius 1 is 1.16 bits per heavy atom. The van der Waals surface area contributed by atoms with Gasteiger partial charge in [0, 0.05) is 16.2 Å². The number of fused-ring (bicyclic) bond motifs is 1. The number of halogens is 1. The molecule has 3 rings (SSSR count). The highest BCUT2D eigenvalue weighted by atomic mass is 79.9. The first-order valence-corrected chi connectivity index (χ1v) is 9.38. The molecular formula is C22H22BrNO. The number of aryl methyl sites for hydroxylation is 1. The van der Waals surface area contributed by atoms with Gasteiger partial charge in [-0.1, -0.05) is 58.4 Å². The molecular weight excluding hydrogens is 374 g/mol. The summed E-state index contributed by atoms with van der Waals surface area (Å²) in [6, 6.07) is 14.3. The molecule has 0 aliphatic heterocycles. The SMILES string of the molecule is Cc1ccccc1NC(=O)C=CC=CCC1Cc2ccc(Br)cc2C1. The average Bonchev–Trinajstić information content (AvgIpc) is 2.98. The van der Waals surface area contributed by atoms with Gasteiger partial charge in [0.1, 0.15) is 0 Å². The van der Waals surface area contributed by atoms with Gasteiger partial charge in [-0.2, -0.15) is 0 Å². The Hall–Kier alpha value is -2.13. The fourth-order valence-electron chi connectivity index (χ4n) is 3.22. The van der Waals surface area contributed by atoms with Crippen LogP contribution in [0.1, 0.15) is 23.1 Å². The first kappa shape index (κ1) is 17.7. The Morgan fingerprint density at radius 2 is 1.96 bits per heavy atom. The topological polar surface area (TPSA) is 29.1 Å². The van der Waals surface area contributed by atoms with Crippen molar-refractivity contribution >= 4 is 27.5 Å². The van der Waals surface area contributed by atoms with Crippen LogP contribution in [-0.4, -0.2) is 5.91 Å². The van der Waals surface area contributed by atoms with E-state index < -0.39 is 0 Å². The van der Waals surface area contributed by atoms with Gasteiger partial charge in [0.05, 0.1) is 0 Å². The Morgan fingerprint density at radius 3 is 2.80 bits per heavy atom. The normalized spacial score (nSPS) is 16.5. The molecule has 0 aromatic heterocycles. The van der Waals surface area contributed by atoms with Gasteiger partial charge in [-0.05, 0) is 67.0 Å². The predicted octanol–water partition coefficient (Wildman–Crippen LogP) is 5.61. The van der Waals surface area contributed by atoms with Crippen LogP contribution in [0.25, 0.3) is 0 Å². The van der Waals surface area contributed by atoms with E-state index in [-0.39, 0.29) is 5.91 Å². The lowest BCUT2D eigenvalue weighted by molar-refractivity contribution is -0.111. The smallest absolute Gasteiger partial charge is 0.248 e. The van der Waals surface area contributed by atoms with Gasteiger partial charge >= 0.3 is 0 Å². The molecule has 0 spiro atoms. The van der Waals surface area contributed by atoms with Crippen molar-refractivity contribution in [1.82, 2.24) is 0 Å². The van der Waals surface area contributed by atoms with Crippen molar-refractivity contribution in [3.8, 4) is 0 Å². The van der Waals surface area contributed by atoms with E-state index in [0.29, 0.717) is 5.92 Å². The number of nitrogens with one attached hydrogen (secondary N) is 1. The highest BCUT2D eigenvalue weighted by molar-refractivity contribution is 9.10. The zero-order valence-electron chi connectivity index (χ0n) is 14.3. The third kappa shape index (κ3) is 4.93. The van der Waals surface area contributed by atoms with E-state index in [9.17, 15) is 4.79 Å². The molecule has 0 radical (unpaired) electrons. The van der Waals surface area contributed by atoms with Gasteiger partial charge in [0.15, 0.2) is 0 Å². The van der Waals surface area contributed by atoms with Crippen molar-refractivity contribution in [2.75, 3.05) is 5.32 Å². The molecule has 1 amide bonds. The van der Waals surface area contributed by atoms with Crippen LogP contribution < -0.4 is 5.32 Å². The molecule has 1 aliphatic carbocycles. The molecule has 0 bridgehead atoms. The molecule has 128 valence electrons. The summed E-state index contributed by atoms with van der Waals surface area (Å²) in [6.07, 6.45) is 10.8. The van der Waals surface area contributed by atoms with Crippen LogP contribution in [0.3, 0.4) is 0 Å². The van der Waals surface area contributed by atoms with Crippen LogP contribution in [-0.2, 0) is 17.6 Å². The molecule has 0 saturated heterocycles. The van der Waals surface area contributed by atoms with Crippen molar-refractivity contribution in [2.24, 2.45) is 5.92 Å². The number of amides is 1. The van der Waals surface area contributed by atoms with E-state index in [1.54, 1.807) is 6.08 Å². The number of hydrogen-bond donors (Lipinski definition) is 1. The van der Waals surface area contributed by atoms with Gasteiger partial charge < -0.3 is 5.32 Å². The van der Waals surface area contributed by atoms with Gasteiger partial charge in [0.2, 0.25) is 5.91 Å². The van der Waals surface area contributed by atoms with Crippen molar-refractivity contribution in [3.05, 3.63) is 87.9 Å². The lowest BCUT2D eigenvalue weighted by Gasteiger charge is -2.05. The van der Waals surface area contributed by atoms with Gasteiger partial charge in [-0.15, -0.1) is 0 Å². The summed E-state index contributed by atoms with van der Waals surface area (Å²) in [7, 11) is 0. The van der Waals surface area contributed by atoms with Crippen LogP contribution in [0.4, 0.5) is 5.69 Å². The van der Waals surface area contributed by atoms with Crippen molar-refractivity contribution < 1.29 is 4.79 Å². The summed E-state index contributed by atoms with van der Waals surface area (Å²) in [4.78, 5) is 11.9. The number of para-hydroxylation sites is 1. The zero-order valence-corrected chi connectivity index (χ0v) is 15.9. The second kappa shape index (κ2) is 8.30. The predicted molar refractivity (Wildman–Crippen MR) is 108 cm³/mol. The minimum absolute atomic E-state index is 0.0999. The molecule has 1 aliphatic rings. The van der Waals surface area contributed by atoms with Crippen LogP contribution in [0.5, 0.6) is 0 Å². The van der Waals surface area contributed by atoms with Crippen molar-refractivity contribution in [2.45, 2.75) is 26.2 Å². The molecule has 1 N–H and O–H groups in total. The third-order valence-electron chi connectivity index (χ3n) is 4.55. The molecule has 2 aromatic rings. The number of anilines is 1. The highest BCUT2D eigenvalue weighted by Gasteiger charge is 2.20. The van der Waals surface area contributed by atoms with Gasteiger partial charge in [-0.3, -0.25) is 4.79 Å². The molecule has 1 unspecified atom stereocenters. The molecule has 0 fully saturated rings. The average molecular weight is 396 g/mol. The quantitative estimate of drug-likeness (QED) is 0.516. The van der Waals surface area contributed by atoms with Crippen LogP contribution in [0, 0.1) is 12.8 Å². The maximum absolute atomic E-state index is 11.9. The Labute approximate surface area is 157 Å². The minimum Gasteiger partial charge on any atom is -0.322 e. The number of benzene rings is 2.